The number of carbonyl (C=O) groups excluding carboxylic acids is 1. The predicted octanol–water partition coefficient (Wildman–Crippen LogP) is 5.73. The summed E-state index contributed by atoms with van der Waals surface area (Å²) >= 11 is 0. The minimum absolute atomic E-state index is 0.0436. The van der Waals surface area contributed by atoms with Crippen LogP contribution in [0, 0.1) is 0 Å². The van der Waals surface area contributed by atoms with Gasteiger partial charge in [-0.1, -0.05) is 30.3 Å². The number of ether oxygens (including phenoxy) is 1. The second-order valence-corrected chi connectivity index (χ2v) is 6.28. The van der Waals surface area contributed by atoms with Gasteiger partial charge in [0.05, 0.1) is 29.6 Å². The van der Waals surface area contributed by atoms with E-state index in [4.69, 9.17) is 4.74 Å². The number of para-hydroxylation sites is 2. The van der Waals surface area contributed by atoms with Crippen molar-refractivity contribution in [2.75, 3.05) is 24.4 Å². The molecule has 1 N–H and O–H groups in total. The summed E-state index contributed by atoms with van der Waals surface area (Å²) in [5.74, 6) is -0.237. The van der Waals surface area contributed by atoms with Crippen LogP contribution in [0.4, 0.5) is 30.2 Å². The van der Waals surface area contributed by atoms with Crippen molar-refractivity contribution in [3.63, 3.8) is 0 Å². The topological polar surface area (TPSA) is 41.6 Å². The Balaban J connectivity index is 2.03. The van der Waals surface area contributed by atoms with Crippen molar-refractivity contribution in [1.29, 1.82) is 0 Å². The Morgan fingerprint density at radius 1 is 0.966 bits per heavy atom. The molecule has 1 amide bonds. The zero-order chi connectivity index (χ0) is 21.0. The smallest absolute Gasteiger partial charge is 0.416 e. The highest BCUT2D eigenvalue weighted by atomic mass is 19.4. The zero-order valence-electron chi connectivity index (χ0n) is 15.8. The van der Waals surface area contributed by atoms with Gasteiger partial charge in [-0.15, -0.1) is 0 Å². The van der Waals surface area contributed by atoms with Crippen LogP contribution in [0.25, 0.3) is 0 Å². The summed E-state index contributed by atoms with van der Waals surface area (Å²) in [5.41, 5.74) is 0.605. The summed E-state index contributed by atoms with van der Waals surface area (Å²) in [6, 6.07) is 18.9. The number of nitrogens with zero attached hydrogens (tertiary/aromatic N) is 1. The molecule has 3 aromatic carbocycles. The Kier molecular flexibility index (Phi) is 5.77. The fourth-order valence-electron chi connectivity index (χ4n) is 2.92. The first-order valence-corrected chi connectivity index (χ1v) is 8.75. The number of carbonyl (C=O) groups is 1. The van der Waals surface area contributed by atoms with E-state index in [1.165, 1.54) is 13.2 Å². The van der Waals surface area contributed by atoms with Gasteiger partial charge in [-0.3, -0.25) is 4.79 Å². The highest BCUT2D eigenvalue weighted by Crippen LogP contribution is 2.37. The van der Waals surface area contributed by atoms with Crippen LogP contribution in [0.15, 0.2) is 72.8 Å². The molecule has 0 aromatic heterocycles. The summed E-state index contributed by atoms with van der Waals surface area (Å²) in [4.78, 5) is 14.5. The normalized spacial score (nSPS) is 11.1. The van der Waals surface area contributed by atoms with Gasteiger partial charge in [-0.2, -0.15) is 13.2 Å². The van der Waals surface area contributed by atoms with E-state index in [2.05, 4.69) is 5.32 Å². The SMILES string of the molecule is COc1ccccc1C(=O)Nc1cc(C(F)(F)F)ccc1N(C)c1ccccc1. The van der Waals surface area contributed by atoms with Crippen molar-refractivity contribution in [2.24, 2.45) is 0 Å². The number of nitrogens with one attached hydrogen (secondary N) is 1. The monoisotopic (exact) mass is 400 g/mol. The highest BCUT2D eigenvalue weighted by Gasteiger charge is 2.31. The van der Waals surface area contributed by atoms with Gasteiger partial charge in [0.1, 0.15) is 5.75 Å². The summed E-state index contributed by atoms with van der Waals surface area (Å²) in [7, 11) is 3.14. The summed E-state index contributed by atoms with van der Waals surface area (Å²) < 4.78 is 44.9. The van der Waals surface area contributed by atoms with Crippen LogP contribution in [0.5, 0.6) is 5.75 Å². The molecule has 4 nitrogen and oxygen atoms in total. The van der Waals surface area contributed by atoms with Gasteiger partial charge in [0.15, 0.2) is 0 Å². The largest absolute Gasteiger partial charge is 0.496 e. The van der Waals surface area contributed by atoms with Gasteiger partial charge in [-0.25, -0.2) is 0 Å². The zero-order valence-corrected chi connectivity index (χ0v) is 15.8. The van der Waals surface area contributed by atoms with Crippen LogP contribution in [0.1, 0.15) is 15.9 Å². The first kappa shape index (κ1) is 20.3. The van der Waals surface area contributed by atoms with Gasteiger partial charge in [-0.05, 0) is 42.5 Å². The van der Waals surface area contributed by atoms with Gasteiger partial charge >= 0.3 is 6.18 Å². The molecule has 7 heteroatoms. The third-order valence-electron chi connectivity index (χ3n) is 4.43. The summed E-state index contributed by atoms with van der Waals surface area (Å²) in [6.07, 6.45) is -4.53. The second-order valence-electron chi connectivity index (χ2n) is 6.28. The molecule has 0 saturated heterocycles. The molecule has 0 aliphatic carbocycles. The molecule has 29 heavy (non-hydrogen) atoms. The molecule has 150 valence electrons. The molecule has 0 aliphatic heterocycles. The summed E-state index contributed by atoms with van der Waals surface area (Å²) in [6.45, 7) is 0. The molecule has 3 rings (SSSR count). The van der Waals surface area contributed by atoms with Crippen LogP contribution < -0.4 is 15.0 Å². The van der Waals surface area contributed by atoms with E-state index < -0.39 is 17.6 Å². The standard InChI is InChI=1S/C22H19F3N2O2/c1-27(16-8-4-3-5-9-16)19-13-12-15(22(23,24)25)14-18(19)26-21(28)17-10-6-7-11-20(17)29-2/h3-14H,1-2H3,(H,26,28). The molecule has 3 aromatic rings. The number of alkyl halides is 3. The molecule has 0 unspecified atom stereocenters. The minimum Gasteiger partial charge on any atom is -0.496 e. The van der Waals surface area contributed by atoms with E-state index in [-0.39, 0.29) is 11.3 Å². The van der Waals surface area contributed by atoms with Crippen molar-refractivity contribution in [3.8, 4) is 5.75 Å². The van der Waals surface area contributed by atoms with Crippen LogP contribution in [-0.4, -0.2) is 20.1 Å². The Morgan fingerprint density at radius 2 is 1.62 bits per heavy atom. The molecule has 0 radical (unpaired) electrons. The predicted molar refractivity (Wildman–Crippen MR) is 107 cm³/mol. The Morgan fingerprint density at radius 3 is 2.28 bits per heavy atom. The molecule has 0 heterocycles. The maximum Gasteiger partial charge on any atom is 0.416 e. The molecule has 0 saturated carbocycles. The Labute approximate surface area is 166 Å². The van der Waals surface area contributed by atoms with Gasteiger partial charge in [0.2, 0.25) is 0 Å². The molecule has 0 bridgehead atoms. The van der Waals surface area contributed by atoms with E-state index in [1.54, 1.807) is 36.2 Å². The lowest BCUT2D eigenvalue weighted by molar-refractivity contribution is -0.137. The third kappa shape index (κ3) is 4.51. The van der Waals surface area contributed by atoms with E-state index in [9.17, 15) is 18.0 Å². The van der Waals surface area contributed by atoms with Crippen molar-refractivity contribution < 1.29 is 22.7 Å². The lowest BCUT2D eigenvalue weighted by atomic mass is 10.1. The number of methoxy groups -OCH3 is 1. The molecule has 0 atom stereocenters. The quantitative estimate of drug-likeness (QED) is 0.594. The molecule has 0 fully saturated rings. The Bertz CT molecular complexity index is 1000. The highest BCUT2D eigenvalue weighted by molar-refractivity contribution is 6.08. The van der Waals surface area contributed by atoms with Gasteiger partial charge < -0.3 is 15.0 Å². The summed E-state index contributed by atoms with van der Waals surface area (Å²) in [5, 5.41) is 2.60. The van der Waals surface area contributed by atoms with Crippen LogP contribution in [-0.2, 0) is 6.18 Å². The third-order valence-corrected chi connectivity index (χ3v) is 4.43. The van der Waals surface area contributed by atoms with Crippen molar-refractivity contribution in [3.05, 3.63) is 83.9 Å². The average Bonchev–Trinajstić information content (AvgIpc) is 2.73. The number of hydrogen-bond acceptors (Lipinski definition) is 3. The van der Waals surface area contributed by atoms with Gasteiger partial charge in [0.25, 0.3) is 5.91 Å². The Hall–Kier alpha value is -3.48. The molecular weight excluding hydrogens is 381 g/mol. The number of rotatable bonds is 5. The van der Waals surface area contributed by atoms with Crippen molar-refractivity contribution in [1.82, 2.24) is 0 Å². The first-order chi connectivity index (χ1) is 13.8. The van der Waals surface area contributed by atoms with Crippen LogP contribution in [0.2, 0.25) is 0 Å². The van der Waals surface area contributed by atoms with E-state index in [1.807, 2.05) is 30.3 Å². The number of amides is 1. The van der Waals surface area contributed by atoms with Crippen molar-refractivity contribution in [2.45, 2.75) is 6.18 Å². The molecule has 0 spiro atoms. The number of halogens is 3. The lowest BCUT2D eigenvalue weighted by Crippen LogP contribution is -2.18. The molecular formula is C22H19F3N2O2. The average molecular weight is 400 g/mol. The van der Waals surface area contributed by atoms with E-state index in [0.717, 1.165) is 17.8 Å². The fraction of sp³-hybridized carbons (Fsp3) is 0.136. The van der Waals surface area contributed by atoms with Crippen molar-refractivity contribution >= 4 is 23.0 Å². The minimum atomic E-state index is -4.53. The first-order valence-electron chi connectivity index (χ1n) is 8.75. The van der Waals surface area contributed by atoms with E-state index >= 15 is 0 Å². The number of anilines is 3. The number of hydrogen-bond donors (Lipinski definition) is 1. The van der Waals surface area contributed by atoms with E-state index in [0.29, 0.717) is 11.4 Å². The van der Waals surface area contributed by atoms with Crippen LogP contribution >= 0.6 is 0 Å². The maximum absolute atomic E-state index is 13.3. The lowest BCUT2D eigenvalue weighted by Gasteiger charge is -2.24. The van der Waals surface area contributed by atoms with Crippen LogP contribution in [0.3, 0.4) is 0 Å². The molecule has 0 aliphatic rings. The second kappa shape index (κ2) is 8.26. The van der Waals surface area contributed by atoms with Gasteiger partial charge in [0, 0.05) is 12.7 Å². The number of benzene rings is 3. The maximum atomic E-state index is 13.3. The fourth-order valence-corrected chi connectivity index (χ4v) is 2.92.